The summed E-state index contributed by atoms with van der Waals surface area (Å²) in [6.07, 6.45) is -2.48. The number of nitriles is 1. The number of nitrogens with one attached hydrogen (secondary N) is 1. The van der Waals surface area contributed by atoms with Crippen molar-refractivity contribution in [3.63, 3.8) is 0 Å². The number of piperidine rings is 1. The first-order valence-electron chi connectivity index (χ1n) is 11.2. The molecule has 11 heteroatoms. The number of hydrogen-bond donors (Lipinski definition) is 1. The minimum atomic E-state index is -4.56. The SMILES string of the molecule is C[C@H]1C[C@@]2(CCN1c1c(Br)ccc(F)c1C#N)N=C(c1ccc(C(F)(F)F)nc1C1CC1)NC2=O. The largest absolute Gasteiger partial charge is 0.433 e. The number of hydrogen-bond acceptors (Lipinski definition) is 5. The third kappa shape index (κ3) is 4.07. The fourth-order valence-corrected chi connectivity index (χ4v) is 5.50. The Morgan fingerprint density at radius 3 is 2.63 bits per heavy atom. The van der Waals surface area contributed by atoms with Crippen LogP contribution in [-0.4, -0.2) is 34.9 Å². The molecule has 1 N–H and O–H groups in total. The van der Waals surface area contributed by atoms with E-state index < -0.39 is 23.2 Å². The molecule has 1 saturated carbocycles. The number of nitrogens with zero attached hydrogens (tertiary/aromatic N) is 4. The molecular weight excluding hydrogens is 530 g/mol. The van der Waals surface area contributed by atoms with Gasteiger partial charge in [-0.05, 0) is 66.4 Å². The van der Waals surface area contributed by atoms with Gasteiger partial charge in [-0.1, -0.05) is 0 Å². The van der Waals surface area contributed by atoms with E-state index in [0.717, 1.165) is 18.9 Å². The molecule has 1 aliphatic carbocycles. The second-order valence-electron chi connectivity index (χ2n) is 9.21. The van der Waals surface area contributed by atoms with Gasteiger partial charge < -0.3 is 10.2 Å². The number of anilines is 1. The lowest BCUT2D eigenvalue weighted by atomic mass is 9.83. The summed E-state index contributed by atoms with van der Waals surface area (Å²) in [4.78, 5) is 23.6. The number of aliphatic imine (C=N–C) groups is 1. The summed E-state index contributed by atoms with van der Waals surface area (Å²) in [7, 11) is 0. The summed E-state index contributed by atoms with van der Waals surface area (Å²) < 4.78 is 54.5. The molecule has 0 bridgehead atoms. The smallest absolute Gasteiger partial charge is 0.367 e. The molecule has 2 aliphatic heterocycles. The van der Waals surface area contributed by atoms with Crippen LogP contribution in [0, 0.1) is 17.1 Å². The van der Waals surface area contributed by atoms with Crippen LogP contribution >= 0.6 is 15.9 Å². The van der Waals surface area contributed by atoms with Crippen LogP contribution in [0.3, 0.4) is 0 Å². The van der Waals surface area contributed by atoms with Gasteiger partial charge in [0.25, 0.3) is 5.91 Å². The molecular formula is C24H20BrF4N5O. The molecule has 1 aromatic carbocycles. The second-order valence-corrected chi connectivity index (χ2v) is 10.1. The standard InChI is InChI=1S/C24H20BrF4N5O/c1-12-10-23(8-9-34(12)20-15(11-30)17(26)6-5-16(20)25)22(35)32-21(33-23)14-4-7-18(24(27,28)29)31-19(14)13-2-3-13/h4-7,12-13H,2-3,8-10H2,1H3,(H,32,33,35)/t12-,23+/m0/s1. The average molecular weight is 550 g/mol. The van der Waals surface area contributed by atoms with Crippen LogP contribution in [0.2, 0.25) is 0 Å². The highest BCUT2D eigenvalue weighted by Crippen LogP contribution is 2.44. The van der Waals surface area contributed by atoms with E-state index in [1.54, 1.807) is 0 Å². The van der Waals surface area contributed by atoms with Crippen LogP contribution in [0.4, 0.5) is 23.2 Å². The van der Waals surface area contributed by atoms with E-state index in [-0.39, 0.29) is 29.3 Å². The van der Waals surface area contributed by atoms with Crippen molar-refractivity contribution in [2.24, 2.45) is 4.99 Å². The molecule has 0 radical (unpaired) electrons. The number of amides is 1. The van der Waals surface area contributed by atoms with Gasteiger partial charge in [0.05, 0.1) is 11.4 Å². The zero-order chi connectivity index (χ0) is 25.1. The van der Waals surface area contributed by atoms with Crippen LogP contribution in [0.5, 0.6) is 0 Å². The van der Waals surface area contributed by atoms with Crippen molar-refractivity contribution in [2.75, 3.05) is 11.4 Å². The highest BCUT2D eigenvalue weighted by Gasteiger charge is 2.49. The lowest BCUT2D eigenvalue weighted by Gasteiger charge is -2.42. The summed E-state index contributed by atoms with van der Waals surface area (Å²) in [5, 5.41) is 12.3. The molecule has 35 heavy (non-hydrogen) atoms. The first-order chi connectivity index (χ1) is 16.5. The molecule has 2 fully saturated rings. The highest BCUT2D eigenvalue weighted by atomic mass is 79.9. The molecule has 0 unspecified atom stereocenters. The molecule has 6 nitrogen and oxygen atoms in total. The Balaban J connectivity index is 1.47. The van der Waals surface area contributed by atoms with Gasteiger partial charge in [-0.3, -0.25) is 9.79 Å². The third-order valence-electron chi connectivity index (χ3n) is 6.82. The quantitative estimate of drug-likeness (QED) is 0.543. The van der Waals surface area contributed by atoms with Crippen LogP contribution in [0.25, 0.3) is 0 Å². The van der Waals surface area contributed by atoms with Crippen LogP contribution < -0.4 is 10.2 Å². The Labute approximate surface area is 207 Å². The van der Waals surface area contributed by atoms with Gasteiger partial charge >= 0.3 is 6.18 Å². The van der Waals surface area contributed by atoms with Crippen molar-refractivity contribution in [2.45, 2.75) is 56.3 Å². The Morgan fingerprint density at radius 2 is 2.00 bits per heavy atom. The topological polar surface area (TPSA) is 81.4 Å². The van der Waals surface area contributed by atoms with Crippen molar-refractivity contribution in [1.82, 2.24) is 10.3 Å². The first kappa shape index (κ1) is 23.7. The molecule has 1 spiro atoms. The Morgan fingerprint density at radius 1 is 1.26 bits per heavy atom. The van der Waals surface area contributed by atoms with Gasteiger partial charge in [0, 0.05) is 35.0 Å². The summed E-state index contributed by atoms with van der Waals surface area (Å²) in [5.41, 5.74) is -0.975. The van der Waals surface area contributed by atoms with Crippen molar-refractivity contribution in [3.05, 3.63) is 57.1 Å². The summed E-state index contributed by atoms with van der Waals surface area (Å²) in [5.74, 6) is -0.790. The molecule has 5 rings (SSSR count). The summed E-state index contributed by atoms with van der Waals surface area (Å²) in [6.45, 7) is 2.21. The number of rotatable bonds is 3. The molecule has 2 atom stereocenters. The zero-order valence-corrected chi connectivity index (χ0v) is 20.2. The number of halogens is 5. The predicted molar refractivity (Wildman–Crippen MR) is 123 cm³/mol. The van der Waals surface area contributed by atoms with Gasteiger partial charge in [0.2, 0.25) is 0 Å². The minimum Gasteiger partial charge on any atom is -0.367 e. The Hall–Kier alpha value is -3.00. The van der Waals surface area contributed by atoms with Gasteiger partial charge in [-0.15, -0.1) is 0 Å². The van der Waals surface area contributed by atoms with Gasteiger partial charge in [-0.25, -0.2) is 9.37 Å². The van der Waals surface area contributed by atoms with Crippen LogP contribution in [0.1, 0.15) is 61.0 Å². The molecule has 1 aromatic heterocycles. The number of alkyl halides is 3. The molecule has 3 heterocycles. The second kappa shape index (κ2) is 8.29. The lowest BCUT2D eigenvalue weighted by Crippen LogP contribution is -2.53. The Bertz CT molecular complexity index is 1300. The van der Waals surface area contributed by atoms with E-state index in [9.17, 15) is 27.6 Å². The third-order valence-corrected chi connectivity index (χ3v) is 7.46. The van der Waals surface area contributed by atoms with Crippen molar-refractivity contribution in [1.29, 1.82) is 5.26 Å². The van der Waals surface area contributed by atoms with E-state index in [1.165, 1.54) is 18.2 Å². The lowest BCUT2D eigenvalue weighted by molar-refractivity contribution is -0.141. The van der Waals surface area contributed by atoms with Crippen molar-refractivity contribution >= 4 is 33.4 Å². The van der Waals surface area contributed by atoms with E-state index in [4.69, 9.17) is 4.99 Å². The number of benzene rings is 1. The average Bonchev–Trinajstić information content (AvgIpc) is 3.60. The van der Waals surface area contributed by atoms with E-state index in [1.807, 2.05) is 17.9 Å². The molecule has 1 saturated heterocycles. The van der Waals surface area contributed by atoms with Crippen molar-refractivity contribution in [3.8, 4) is 6.07 Å². The molecule has 2 aromatic rings. The Kier molecular flexibility index (Phi) is 5.62. The minimum absolute atomic E-state index is 0.0767. The number of carbonyl (C=O) groups excluding carboxylic acids is 1. The van der Waals surface area contributed by atoms with Crippen LogP contribution in [-0.2, 0) is 11.0 Å². The fourth-order valence-electron chi connectivity index (χ4n) is 4.94. The number of aromatic nitrogens is 1. The zero-order valence-electron chi connectivity index (χ0n) is 18.6. The van der Waals surface area contributed by atoms with Gasteiger partial charge in [-0.2, -0.15) is 18.4 Å². The van der Waals surface area contributed by atoms with E-state index in [2.05, 4.69) is 26.2 Å². The molecule has 1 amide bonds. The maximum atomic E-state index is 14.3. The van der Waals surface area contributed by atoms with Gasteiger partial charge in [0.15, 0.2) is 0 Å². The van der Waals surface area contributed by atoms with Gasteiger partial charge in [0.1, 0.15) is 34.5 Å². The number of pyridine rings is 1. The normalized spacial score (nSPS) is 24.4. The maximum Gasteiger partial charge on any atom is 0.433 e. The summed E-state index contributed by atoms with van der Waals surface area (Å²) >= 11 is 3.41. The van der Waals surface area contributed by atoms with E-state index >= 15 is 0 Å². The monoisotopic (exact) mass is 549 g/mol. The first-order valence-corrected chi connectivity index (χ1v) is 12.0. The van der Waals surface area contributed by atoms with E-state index in [0.29, 0.717) is 40.8 Å². The van der Waals surface area contributed by atoms with Crippen molar-refractivity contribution < 1.29 is 22.4 Å². The van der Waals surface area contributed by atoms with Crippen LogP contribution in [0.15, 0.2) is 33.7 Å². The molecule has 3 aliphatic rings. The fraction of sp³-hybridized carbons (Fsp3) is 0.417. The molecule has 182 valence electrons. The highest BCUT2D eigenvalue weighted by molar-refractivity contribution is 9.10. The predicted octanol–water partition coefficient (Wildman–Crippen LogP) is 5.06. The number of amidine groups is 1. The maximum absolute atomic E-state index is 14.3. The number of carbonyl (C=O) groups is 1. The summed E-state index contributed by atoms with van der Waals surface area (Å²) in [6, 6.07) is 6.66.